The van der Waals surface area contributed by atoms with Gasteiger partial charge in [-0.1, -0.05) is 23.2 Å². The number of carbonyl (C=O) groups excluding carboxylic acids is 3. The van der Waals surface area contributed by atoms with Gasteiger partial charge in [-0.2, -0.15) is 4.90 Å². The lowest BCUT2D eigenvalue weighted by molar-refractivity contribution is -0.117. The predicted octanol–water partition coefficient (Wildman–Crippen LogP) is 8.34. The van der Waals surface area contributed by atoms with Crippen molar-refractivity contribution in [3.63, 3.8) is 0 Å². The number of nitrogens with zero attached hydrogens (tertiary/aromatic N) is 1. The van der Waals surface area contributed by atoms with Gasteiger partial charge in [0.1, 0.15) is 21.4 Å². The average Bonchev–Trinajstić information content (AvgIpc) is 3.29. The Morgan fingerprint density at radius 3 is 1.87 bits per heavy atom. The summed E-state index contributed by atoms with van der Waals surface area (Å²) in [5.41, 5.74) is -1.82. The van der Waals surface area contributed by atoms with Gasteiger partial charge in [-0.15, -0.1) is 23.2 Å². The number of anilines is 2. The molecule has 0 saturated heterocycles. The maximum absolute atomic E-state index is 15.0. The third kappa shape index (κ3) is 7.23. The Morgan fingerprint density at radius 1 is 0.895 bits per heavy atom. The maximum atomic E-state index is 15.0. The van der Waals surface area contributed by atoms with Crippen LogP contribution in [0.15, 0.2) is 36.4 Å². The summed E-state index contributed by atoms with van der Waals surface area (Å²) in [4.78, 5) is 39.4. The monoisotopic (exact) mass is 606 g/mol. The van der Waals surface area contributed by atoms with Crippen molar-refractivity contribution in [2.24, 2.45) is 5.92 Å². The molecule has 3 amide bonds. The highest BCUT2D eigenvalue weighted by Crippen LogP contribution is 2.65. The van der Waals surface area contributed by atoms with E-state index in [9.17, 15) is 18.8 Å². The van der Waals surface area contributed by atoms with Crippen LogP contribution in [-0.2, 0) is 14.3 Å². The molecule has 206 valence electrons. The summed E-state index contributed by atoms with van der Waals surface area (Å²) in [5, 5.41) is 3.33. The molecule has 7 nitrogen and oxygen atoms in total. The van der Waals surface area contributed by atoms with Crippen LogP contribution in [0.5, 0.6) is 0 Å². The van der Waals surface area contributed by atoms with Crippen LogP contribution in [-0.4, -0.2) is 33.6 Å². The first-order chi connectivity index (χ1) is 17.3. The van der Waals surface area contributed by atoms with Crippen LogP contribution < -0.4 is 10.2 Å². The molecule has 0 heterocycles. The van der Waals surface area contributed by atoms with Crippen molar-refractivity contribution in [1.82, 2.24) is 0 Å². The third-order valence-corrected chi connectivity index (χ3v) is 6.56. The molecule has 0 radical (unpaired) electrons. The van der Waals surface area contributed by atoms with E-state index in [1.165, 1.54) is 12.1 Å². The molecule has 2 unspecified atom stereocenters. The van der Waals surface area contributed by atoms with Gasteiger partial charge in [0.2, 0.25) is 5.91 Å². The molecule has 2 aromatic carbocycles. The Morgan fingerprint density at radius 2 is 1.39 bits per heavy atom. The zero-order valence-electron chi connectivity index (χ0n) is 21.5. The van der Waals surface area contributed by atoms with Gasteiger partial charge in [0, 0.05) is 21.7 Å². The molecule has 1 aliphatic rings. The highest BCUT2D eigenvalue weighted by atomic mass is 35.5. The Kier molecular flexibility index (Phi) is 8.54. The summed E-state index contributed by atoms with van der Waals surface area (Å²) in [6.07, 6.45) is -2.32. The molecule has 1 fully saturated rings. The zero-order chi connectivity index (χ0) is 28.8. The third-order valence-electron chi connectivity index (χ3n) is 5.19. The minimum Gasteiger partial charge on any atom is -0.443 e. The molecule has 1 saturated carbocycles. The summed E-state index contributed by atoms with van der Waals surface area (Å²) in [7, 11) is 0. The number of amides is 3. The molecule has 2 aromatic rings. The van der Waals surface area contributed by atoms with Gasteiger partial charge in [0.15, 0.2) is 0 Å². The first kappa shape index (κ1) is 30.3. The fraction of sp³-hybridized carbons (Fsp3) is 0.423. The van der Waals surface area contributed by atoms with Crippen molar-refractivity contribution >= 4 is 75.9 Å². The minimum absolute atomic E-state index is 0.0717. The molecule has 0 bridgehead atoms. The summed E-state index contributed by atoms with van der Waals surface area (Å²) >= 11 is 25.0. The van der Waals surface area contributed by atoms with Crippen molar-refractivity contribution in [3.05, 3.63) is 57.8 Å². The second-order valence-electron chi connectivity index (χ2n) is 10.8. The lowest BCUT2D eigenvalue weighted by atomic mass is 10.1. The SMILES string of the molecule is CC(C)(C)OC(=O)N(C(=O)OC(C)(C)C)c1cc(NC(=O)C2C(c3cc(Cl)cc(Cl)c3)C2(Cl)Cl)ccc1F. The van der Waals surface area contributed by atoms with Crippen molar-refractivity contribution in [3.8, 4) is 0 Å². The molecule has 0 aliphatic heterocycles. The molecule has 2 atom stereocenters. The number of hydrogen-bond acceptors (Lipinski definition) is 5. The van der Waals surface area contributed by atoms with Crippen LogP contribution in [0, 0.1) is 11.7 Å². The number of benzene rings is 2. The molecule has 3 rings (SSSR count). The highest BCUT2D eigenvalue weighted by Gasteiger charge is 2.67. The standard InChI is InChI=1S/C26H27Cl4FN2O5/c1-24(2,3)37-22(35)33(23(36)38-25(4,5)6)18-12-16(7-8-17(18)31)32-21(34)20-19(26(20,29)30)13-9-14(27)11-15(28)10-13/h7-12,19-20H,1-6H3,(H,32,34). The Bertz CT molecular complexity index is 1230. The molecule has 0 spiro atoms. The fourth-order valence-corrected chi connectivity index (χ4v) is 5.06. The van der Waals surface area contributed by atoms with Gasteiger partial charge in [-0.05, 0) is 83.5 Å². The Hall–Kier alpha value is -2.26. The van der Waals surface area contributed by atoms with E-state index in [2.05, 4.69) is 5.32 Å². The lowest BCUT2D eigenvalue weighted by Gasteiger charge is -2.29. The van der Waals surface area contributed by atoms with Crippen LogP contribution in [0.25, 0.3) is 0 Å². The van der Waals surface area contributed by atoms with E-state index in [1.54, 1.807) is 53.7 Å². The van der Waals surface area contributed by atoms with Crippen molar-refractivity contribution in [2.75, 3.05) is 10.2 Å². The van der Waals surface area contributed by atoms with E-state index in [1.807, 2.05) is 0 Å². The second kappa shape index (κ2) is 10.7. The largest absolute Gasteiger partial charge is 0.443 e. The van der Waals surface area contributed by atoms with Crippen LogP contribution in [0.2, 0.25) is 10.0 Å². The number of halogens is 5. The fourth-order valence-electron chi connectivity index (χ4n) is 3.69. The summed E-state index contributed by atoms with van der Waals surface area (Å²) in [6.45, 7) is 9.55. The summed E-state index contributed by atoms with van der Waals surface area (Å²) < 4.78 is 24.1. The van der Waals surface area contributed by atoms with E-state index in [4.69, 9.17) is 55.9 Å². The van der Waals surface area contributed by atoms with Crippen LogP contribution in [0.1, 0.15) is 53.0 Å². The van der Waals surface area contributed by atoms with Gasteiger partial charge in [-0.25, -0.2) is 14.0 Å². The number of rotatable bonds is 4. The van der Waals surface area contributed by atoms with Crippen LogP contribution in [0.3, 0.4) is 0 Å². The number of ether oxygens (including phenoxy) is 2. The van der Waals surface area contributed by atoms with Crippen molar-refractivity contribution in [1.29, 1.82) is 0 Å². The summed E-state index contributed by atoms with van der Waals surface area (Å²) in [5.74, 6) is -3.00. The number of alkyl halides is 2. The first-order valence-corrected chi connectivity index (χ1v) is 13.0. The smallest absolute Gasteiger partial charge is 0.424 e. The minimum atomic E-state index is -1.44. The molecular formula is C26H27Cl4FN2O5. The molecular weight excluding hydrogens is 581 g/mol. The molecule has 1 N–H and O–H groups in total. The quantitative estimate of drug-likeness (QED) is 0.353. The normalized spacial score (nSPS) is 18.4. The van der Waals surface area contributed by atoms with E-state index in [-0.39, 0.29) is 5.69 Å². The van der Waals surface area contributed by atoms with Crippen molar-refractivity contribution in [2.45, 2.75) is 63.0 Å². The Labute approximate surface area is 240 Å². The zero-order valence-corrected chi connectivity index (χ0v) is 24.5. The molecule has 0 aromatic heterocycles. The van der Waals surface area contributed by atoms with E-state index < -0.39 is 57.0 Å². The van der Waals surface area contributed by atoms with Gasteiger partial charge < -0.3 is 14.8 Å². The van der Waals surface area contributed by atoms with Gasteiger partial charge in [-0.3, -0.25) is 4.79 Å². The number of imide groups is 1. The van der Waals surface area contributed by atoms with Gasteiger partial charge >= 0.3 is 12.2 Å². The topological polar surface area (TPSA) is 84.9 Å². The van der Waals surface area contributed by atoms with E-state index in [0.717, 1.165) is 12.1 Å². The van der Waals surface area contributed by atoms with Crippen LogP contribution >= 0.6 is 46.4 Å². The predicted molar refractivity (Wildman–Crippen MR) is 147 cm³/mol. The average molecular weight is 608 g/mol. The van der Waals surface area contributed by atoms with Gasteiger partial charge in [0.05, 0.1) is 11.6 Å². The Balaban J connectivity index is 1.91. The lowest BCUT2D eigenvalue weighted by Crippen LogP contribution is -2.44. The number of carbonyl (C=O) groups is 3. The molecule has 1 aliphatic carbocycles. The van der Waals surface area contributed by atoms with E-state index in [0.29, 0.717) is 20.5 Å². The van der Waals surface area contributed by atoms with Gasteiger partial charge in [0.25, 0.3) is 0 Å². The first-order valence-electron chi connectivity index (χ1n) is 11.5. The number of nitrogens with one attached hydrogen (secondary N) is 1. The number of hydrogen-bond donors (Lipinski definition) is 1. The van der Waals surface area contributed by atoms with Crippen molar-refractivity contribution < 1.29 is 28.2 Å². The van der Waals surface area contributed by atoms with E-state index >= 15 is 0 Å². The maximum Gasteiger partial charge on any atom is 0.424 e. The van der Waals surface area contributed by atoms with Crippen LogP contribution in [0.4, 0.5) is 25.4 Å². The highest BCUT2D eigenvalue weighted by molar-refractivity contribution is 6.53. The summed E-state index contributed by atoms with van der Waals surface area (Å²) in [6, 6.07) is 8.12. The molecule has 38 heavy (non-hydrogen) atoms. The molecule has 12 heteroatoms. The second-order valence-corrected chi connectivity index (χ2v) is 13.1.